The van der Waals surface area contributed by atoms with Crippen LogP contribution in [0, 0.1) is 0 Å². The minimum absolute atomic E-state index is 0.254. The summed E-state index contributed by atoms with van der Waals surface area (Å²) in [6.07, 6.45) is 0. The van der Waals surface area contributed by atoms with Gasteiger partial charge in [-0.15, -0.1) is 0 Å². The van der Waals surface area contributed by atoms with Gasteiger partial charge in [-0.05, 0) is 48.6 Å². The topological polar surface area (TPSA) is 77.0 Å². The van der Waals surface area contributed by atoms with E-state index in [1.165, 1.54) is 5.56 Å². The Hall–Kier alpha value is -2.80. The number of nitrogens with zero attached hydrogens (tertiary/aromatic N) is 1. The minimum atomic E-state index is -3.66. The van der Waals surface area contributed by atoms with Gasteiger partial charge in [0.1, 0.15) is 24.0 Å². The Bertz CT molecular complexity index is 1130. The fraction of sp³-hybridized carbons (Fsp3) is 0.348. The number of hydrogen-bond acceptors (Lipinski definition) is 5. The molecule has 2 heterocycles. The standard InChI is InChI=1S/C23H26N2O4S/c1-14(2)17-5-7-18(8-6-17)22-15(3)23(25-30(22,26)27)24-16(4)19-9-10-20-21(13-19)29-12-11-28-20/h5-10,13-14,16H,11-12H2,1-4H3,(H,24,25)/t16-/m1/s1. The Morgan fingerprint density at radius 3 is 2.23 bits per heavy atom. The van der Waals surface area contributed by atoms with Gasteiger partial charge in [0.15, 0.2) is 11.5 Å². The number of rotatable bonds is 4. The summed E-state index contributed by atoms with van der Waals surface area (Å²) in [4.78, 5) is 4.95. The van der Waals surface area contributed by atoms with Gasteiger partial charge in [0.2, 0.25) is 0 Å². The van der Waals surface area contributed by atoms with Crippen molar-refractivity contribution in [3.05, 3.63) is 64.7 Å². The molecule has 2 aliphatic rings. The molecule has 6 nitrogen and oxygen atoms in total. The predicted molar refractivity (Wildman–Crippen MR) is 118 cm³/mol. The van der Waals surface area contributed by atoms with Gasteiger partial charge in [-0.25, -0.2) is 8.42 Å². The van der Waals surface area contributed by atoms with Gasteiger partial charge in [-0.3, -0.25) is 9.71 Å². The van der Waals surface area contributed by atoms with Crippen LogP contribution in [0.2, 0.25) is 0 Å². The molecule has 0 saturated carbocycles. The molecule has 0 fully saturated rings. The highest BCUT2D eigenvalue weighted by Crippen LogP contribution is 2.35. The first-order valence-corrected chi connectivity index (χ1v) is 11.6. The van der Waals surface area contributed by atoms with E-state index in [9.17, 15) is 8.42 Å². The van der Waals surface area contributed by atoms with Crippen LogP contribution in [0.25, 0.3) is 4.91 Å². The monoisotopic (exact) mass is 426 g/mol. The number of nitrogens with one attached hydrogen (secondary N) is 1. The van der Waals surface area contributed by atoms with Gasteiger partial charge < -0.3 is 9.47 Å². The Kier molecular flexibility index (Phi) is 5.32. The number of fused-ring (bicyclic) bond motifs is 1. The molecule has 2 aromatic rings. The fourth-order valence-corrected chi connectivity index (χ4v) is 5.17. The molecule has 0 spiro atoms. The third-order valence-electron chi connectivity index (χ3n) is 5.41. The van der Waals surface area contributed by atoms with Crippen LogP contribution in [0.5, 0.6) is 11.5 Å². The largest absolute Gasteiger partial charge is 0.486 e. The molecule has 0 bridgehead atoms. The van der Waals surface area contributed by atoms with Crippen LogP contribution in [0.15, 0.2) is 53.0 Å². The van der Waals surface area contributed by atoms with Crippen molar-refractivity contribution in [2.24, 2.45) is 4.99 Å². The number of ether oxygens (including phenoxy) is 2. The van der Waals surface area contributed by atoms with Crippen molar-refractivity contribution >= 4 is 20.8 Å². The molecule has 0 saturated heterocycles. The van der Waals surface area contributed by atoms with Crippen molar-refractivity contribution in [3.8, 4) is 11.5 Å². The summed E-state index contributed by atoms with van der Waals surface area (Å²) in [6, 6.07) is 13.1. The molecule has 2 aromatic carbocycles. The lowest BCUT2D eigenvalue weighted by molar-refractivity contribution is 0.171. The van der Waals surface area contributed by atoms with E-state index in [4.69, 9.17) is 9.47 Å². The maximum atomic E-state index is 12.8. The van der Waals surface area contributed by atoms with Gasteiger partial charge in [-0.2, -0.15) is 0 Å². The van der Waals surface area contributed by atoms with Gasteiger partial charge in [0, 0.05) is 5.57 Å². The first kappa shape index (κ1) is 20.5. The summed E-state index contributed by atoms with van der Waals surface area (Å²) in [7, 11) is -3.66. The SMILES string of the molecule is CC1=C(c2ccc(C(C)C)cc2)S(=O)(=O)NC1=N[C@H](C)c1ccc2c(c1)OCCO2. The second-order valence-electron chi connectivity index (χ2n) is 7.89. The van der Waals surface area contributed by atoms with Gasteiger partial charge in [0.25, 0.3) is 10.0 Å². The smallest absolute Gasteiger partial charge is 0.264 e. The van der Waals surface area contributed by atoms with E-state index < -0.39 is 10.0 Å². The van der Waals surface area contributed by atoms with Crippen LogP contribution in [0.4, 0.5) is 0 Å². The summed E-state index contributed by atoms with van der Waals surface area (Å²) in [5, 5.41) is 0. The van der Waals surface area contributed by atoms with E-state index in [0.717, 1.165) is 11.3 Å². The average Bonchev–Trinajstić information content (AvgIpc) is 2.95. The highest BCUT2D eigenvalue weighted by Gasteiger charge is 2.33. The Morgan fingerprint density at radius 2 is 1.57 bits per heavy atom. The second-order valence-corrected chi connectivity index (χ2v) is 9.51. The molecule has 1 N–H and O–H groups in total. The molecular formula is C23H26N2O4S. The third-order valence-corrected chi connectivity index (χ3v) is 6.95. The summed E-state index contributed by atoms with van der Waals surface area (Å²) in [6.45, 7) is 8.99. The van der Waals surface area contributed by atoms with Crippen LogP contribution in [0.3, 0.4) is 0 Å². The van der Waals surface area contributed by atoms with E-state index >= 15 is 0 Å². The maximum Gasteiger partial charge on any atom is 0.264 e. The van der Waals surface area contributed by atoms with Crippen molar-refractivity contribution in [2.45, 2.75) is 39.7 Å². The van der Waals surface area contributed by atoms with Crippen molar-refractivity contribution < 1.29 is 17.9 Å². The van der Waals surface area contributed by atoms with Gasteiger partial charge in [-0.1, -0.05) is 44.2 Å². The summed E-state index contributed by atoms with van der Waals surface area (Å²) >= 11 is 0. The van der Waals surface area contributed by atoms with E-state index in [0.29, 0.717) is 41.9 Å². The second kappa shape index (κ2) is 7.80. The molecule has 0 unspecified atom stereocenters. The number of amidine groups is 1. The summed E-state index contributed by atoms with van der Waals surface area (Å²) in [5.74, 6) is 2.17. The minimum Gasteiger partial charge on any atom is -0.486 e. The van der Waals surface area contributed by atoms with Crippen LogP contribution < -0.4 is 14.2 Å². The molecule has 7 heteroatoms. The average molecular weight is 427 g/mol. The van der Waals surface area contributed by atoms with Crippen LogP contribution >= 0.6 is 0 Å². The van der Waals surface area contributed by atoms with Crippen molar-refractivity contribution in [1.82, 2.24) is 4.72 Å². The molecule has 0 radical (unpaired) electrons. The maximum absolute atomic E-state index is 12.8. The normalized spacial score (nSPS) is 19.8. The first-order valence-electron chi connectivity index (χ1n) is 10.1. The van der Waals surface area contributed by atoms with E-state index in [1.807, 2.05) is 49.4 Å². The molecule has 4 rings (SSSR count). The molecule has 2 aliphatic heterocycles. The van der Waals surface area contributed by atoms with Crippen LogP contribution in [-0.4, -0.2) is 27.5 Å². The van der Waals surface area contributed by atoms with E-state index in [1.54, 1.807) is 6.92 Å². The lowest BCUT2D eigenvalue weighted by Gasteiger charge is -2.19. The highest BCUT2D eigenvalue weighted by atomic mass is 32.2. The Balaban J connectivity index is 1.67. The molecule has 0 amide bonds. The lowest BCUT2D eigenvalue weighted by Crippen LogP contribution is -2.24. The zero-order valence-corrected chi connectivity index (χ0v) is 18.4. The van der Waals surface area contributed by atoms with Crippen LogP contribution in [0.1, 0.15) is 56.3 Å². The van der Waals surface area contributed by atoms with E-state index in [2.05, 4.69) is 23.6 Å². The quantitative estimate of drug-likeness (QED) is 0.786. The summed E-state index contributed by atoms with van der Waals surface area (Å²) in [5.41, 5.74) is 3.38. The number of sulfonamides is 1. The first-order chi connectivity index (χ1) is 14.3. The Labute approximate surface area is 177 Å². The third kappa shape index (κ3) is 3.81. The Morgan fingerprint density at radius 1 is 0.933 bits per heavy atom. The zero-order chi connectivity index (χ0) is 21.5. The van der Waals surface area contributed by atoms with Crippen molar-refractivity contribution in [2.75, 3.05) is 13.2 Å². The molecular weight excluding hydrogens is 400 g/mol. The van der Waals surface area contributed by atoms with E-state index in [-0.39, 0.29) is 10.9 Å². The fourth-order valence-electron chi connectivity index (χ4n) is 3.67. The predicted octanol–water partition coefficient (Wildman–Crippen LogP) is 4.40. The number of benzene rings is 2. The molecule has 30 heavy (non-hydrogen) atoms. The lowest BCUT2D eigenvalue weighted by atomic mass is 10.0. The van der Waals surface area contributed by atoms with Gasteiger partial charge >= 0.3 is 0 Å². The van der Waals surface area contributed by atoms with Crippen molar-refractivity contribution in [1.29, 1.82) is 0 Å². The molecule has 0 aromatic heterocycles. The zero-order valence-electron chi connectivity index (χ0n) is 17.6. The number of hydrogen-bond donors (Lipinski definition) is 1. The molecule has 158 valence electrons. The van der Waals surface area contributed by atoms with Crippen LogP contribution in [-0.2, 0) is 10.0 Å². The molecule has 0 aliphatic carbocycles. The van der Waals surface area contributed by atoms with Crippen molar-refractivity contribution in [3.63, 3.8) is 0 Å². The summed E-state index contributed by atoms with van der Waals surface area (Å²) < 4.78 is 39.5. The van der Waals surface area contributed by atoms with Gasteiger partial charge in [0.05, 0.1) is 6.04 Å². The highest BCUT2D eigenvalue weighted by molar-refractivity contribution is 8.00. The number of aliphatic imine (C=N–C) groups is 1. The molecule has 1 atom stereocenters.